The van der Waals surface area contributed by atoms with Crippen molar-refractivity contribution in [3.05, 3.63) is 45.8 Å². The minimum Gasteiger partial charge on any atom is -0.339 e. The van der Waals surface area contributed by atoms with Crippen molar-refractivity contribution < 1.29 is 4.52 Å². The Balaban J connectivity index is 1.85. The first-order chi connectivity index (χ1) is 11.6. The molecule has 1 aliphatic carbocycles. The minimum atomic E-state index is -0.184. The molecule has 1 aliphatic rings. The van der Waals surface area contributed by atoms with Crippen LogP contribution in [0.1, 0.15) is 24.7 Å². The van der Waals surface area contributed by atoms with Gasteiger partial charge in [-0.25, -0.2) is 4.98 Å². The average molecular weight is 342 g/mol. The summed E-state index contributed by atoms with van der Waals surface area (Å²) >= 11 is 6.22. The highest BCUT2D eigenvalue weighted by atomic mass is 35.5. The van der Waals surface area contributed by atoms with E-state index in [0.717, 1.165) is 12.8 Å². The molecule has 4 aromatic rings. The first-order valence-electron chi connectivity index (χ1n) is 7.63. The van der Waals surface area contributed by atoms with Gasteiger partial charge in [-0.15, -0.1) is 0 Å². The van der Waals surface area contributed by atoms with E-state index in [1.54, 1.807) is 19.4 Å². The highest BCUT2D eigenvalue weighted by Crippen LogP contribution is 2.39. The van der Waals surface area contributed by atoms with Crippen LogP contribution < -0.4 is 5.56 Å². The SMILES string of the molecule is Cn1c(=O)c2c(Cl)cccc2n2cnc(-c3noc(C4CC4)n3)c12. The van der Waals surface area contributed by atoms with Gasteiger partial charge in [-0.1, -0.05) is 22.8 Å². The van der Waals surface area contributed by atoms with E-state index in [0.29, 0.717) is 44.9 Å². The van der Waals surface area contributed by atoms with Crippen molar-refractivity contribution in [1.82, 2.24) is 24.1 Å². The molecule has 0 unspecified atom stereocenters. The van der Waals surface area contributed by atoms with Gasteiger partial charge in [0.05, 0.1) is 15.9 Å². The molecule has 0 radical (unpaired) electrons. The fourth-order valence-electron chi connectivity index (χ4n) is 3.01. The largest absolute Gasteiger partial charge is 0.339 e. The van der Waals surface area contributed by atoms with Gasteiger partial charge < -0.3 is 4.52 Å². The van der Waals surface area contributed by atoms with E-state index < -0.39 is 0 Å². The molecule has 120 valence electrons. The van der Waals surface area contributed by atoms with Crippen molar-refractivity contribution in [1.29, 1.82) is 0 Å². The number of nitrogens with zero attached hydrogens (tertiary/aromatic N) is 5. The summed E-state index contributed by atoms with van der Waals surface area (Å²) < 4.78 is 8.66. The molecule has 0 saturated heterocycles. The van der Waals surface area contributed by atoms with E-state index in [2.05, 4.69) is 15.1 Å². The average Bonchev–Trinajstić information content (AvgIpc) is 3.14. The Morgan fingerprint density at radius 3 is 2.96 bits per heavy atom. The third-order valence-corrected chi connectivity index (χ3v) is 4.72. The topological polar surface area (TPSA) is 78.2 Å². The Morgan fingerprint density at radius 2 is 2.17 bits per heavy atom. The molecule has 3 aromatic heterocycles. The van der Waals surface area contributed by atoms with Crippen molar-refractivity contribution in [2.45, 2.75) is 18.8 Å². The molecule has 7 nitrogen and oxygen atoms in total. The summed E-state index contributed by atoms with van der Waals surface area (Å²) in [5.41, 5.74) is 1.64. The zero-order valence-electron chi connectivity index (χ0n) is 12.7. The first-order valence-corrected chi connectivity index (χ1v) is 8.01. The van der Waals surface area contributed by atoms with E-state index in [9.17, 15) is 4.79 Å². The van der Waals surface area contributed by atoms with Crippen LogP contribution >= 0.6 is 11.6 Å². The van der Waals surface area contributed by atoms with Crippen LogP contribution in [0.4, 0.5) is 0 Å². The van der Waals surface area contributed by atoms with Crippen LogP contribution in [0.15, 0.2) is 33.8 Å². The second-order valence-electron chi connectivity index (χ2n) is 6.02. The van der Waals surface area contributed by atoms with Crippen molar-refractivity contribution >= 4 is 28.2 Å². The van der Waals surface area contributed by atoms with E-state index in [4.69, 9.17) is 16.1 Å². The molecule has 0 N–H and O–H groups in total. The lowest BCUT2D eigenvalue weighted by molar-refractivity contribution is 0.380. The number of rotatable bonds is 2. The van der Waals surface area contributed by atoms with Crippen LogP contribution in [-0.4, -0.2) is 24.1 Å². The molecule has 24 heavy (non-hydrogen) atoms. The number of benzene rings is 1. The second kappa shape index (κ2) is 4.67. The lowest BCUT2D eigenvalue weighted by Gasteiger charge is -2.08. The number of halogens is 1. The molecule has 1 fully saturated rings. The summed E-state index contributed by atoms with van der Waals surface area (Å²) in [5, 5.41) is 4.92. The quantitative estimate of drug-likeness (QED) is 0.560. The Hall–Kier alpha value is -2.67. The van der Waals surface area contributed by atoms with E-state index in [1.807, 2.05) is 16.5 Å². The lowest BCUT2D eigenvalue weighted by atomic mass is 10.2. The van der Waals surface area contributed by atoms with Crippen LogP contribution in [0.5, 0.6) is 0 Å². The third-order valence-electron chi connectivity index (χ3n) is 4.41. The third kappa shape index (κ3) is 1.78. The summed E-state index contributed by atoms with van der Waals surface area (Å²) in [4.78, 5) is 21.6. The summed E-state index contributed by atoms with van der Waals surface area (Å²) in [6, 6.07) is 5.35. The number of hydrogen-bond donors (Lipinski definition) is 0. The predicted octanol–water partition coefficient (Wildman–Crippen LogP) is 2.77. The number of fused-ring (bicyclic) bond motifs is 3. The minimum absolute atomic E-state index is 0.184. The molecule has 0 aliphatic heterocycles. The fourth-order valence-corrected chi connectivity index (χ4v) is 3.26. The number of imidazole rings is 1. The lowest BCUT2D eigenvalue weighted by Crippen LogP contribution is -2.20. The van der Waals surface area contributed by atoms with Gasteiger partial charge in [-0.3, -0.25) is 13.8 Å². The first kappa shape index (κ1) is 13.7. The van der Waals surface area contributed by atoms with Gasteiger partial charge in [-0.2, -0.15) is 4.98 Å². The van der Waals surface area contributed by atoms with Crippen LogP contribution in [0.3, 0.4) is 0 Å². The Morgan fingerprint density at radius 1 is 1.33 bits per heavy atom. The van der Waals surface area contributed by atoms with Crippen LogP contribution in [0.2, 0.25) is 5.02 Å². The Kier molecular flexibility index (Phi) is 2.67. The Labute approximate surface area is 140 Å². The van der Waals surface area contributed by atoms with Gasteiger partial charge in [-0.05, 0) is 25.0 Å². The smallest absolute Gasteiger partial charge is 0.262 e. The second-order valence-corrected chi connectivity index (χ2v) is 6.42. The van der Waals surface area contributed by atoms with Crippen molar-refractivity contribution in [3.8, 4) is 11.5 Å². The zero-order chi connectivity index (χ0) is 16.4. The molecule has 3 heterocycles. The van der Waals surface area contributed by atoms with Crippen LogP contribution in [0, 0.1) is 0 Å². The zero-order valence-corrected chi connectivity index (χ0v) is 13.5. The highest BCUT2D eigenvalue weighted by molar-refractivity contribution is 6.35. The normalized spacial score (nSPS) is 14.8. The van der Waals surface area contributed by atoms with Gasteiger partial charge >= 0.3 is 0 Å². The van der Waals surface area contributed by atoms with Crippen LogP contribution in [0.25, 0.3) is 28.1 Å². The standard InChI is InChI=1S/C16H12ClN5O2/c1-21-15-12(13-19-14(24-20-13)8-5-6-8)18-7-22(15)10-4-2-3-9(17)11(10)16(21)23/h2-4,7-8H,5-6H2,1H3. The molecular formula is C16H12ClN5O2. The monoisotopic (exact) mass is 341 g/mol. The van der Waals surface area contributed by atoms with Crippen molar-refractivity contribution in [2.75, 3.05) is 0 Å². The maximum atomic E-state index is 12.7. The van der Waals surface area contributed by atoms with Crippen molar-refractivity contribution in [3.63, 3.8) is 0 Å². The summed E-state index contributed by atoms with van der Waals surface area (Å²) in [6.45, 7) is 0. The summed E-state index contributed by atoms with van der Waals surface area (Å²) in [6.07, 6.45) is 3.80. The van der Waals surface area contributed by atoms with Gasteiger partial charge in [0, 0.05) is 13.0 Å². The predicted molar refractivity (Wildman–Crippen MR) is 88.2 cm³/mol. The van der Waals surface area contributed by atoms with Crippen molar-refractivity contribution in [2.24, 2.45) is 7.05 Å². The molecule has 0 atom stereocenters. The fraction of sp³-hybridized carbons (Fsp3) is 0.250. The number of aromatic nitrogens is 5. The number of hydrogen-bond acceptors (Lipinski definition) is 5. The Bertz CT molecular complexity index is 1170. The molecular weight excluding hydrogens is 330 g/mol. The van der Waals surface area contributed by atoms with E-state index >= 15 is 0 Å². The summed E-state index contributed by atoms with van der Waals surface area (Å²) in [7, 11) is 1.69. The van der Waals surface area contributed by atoms with E-state index in [-0.39, 0.29) is 5.56 Å². The van der Waals surface area contributed by atoms with Gasteiger partial charge in [0.1, 0.15) is 6.33 Å². The molecule has 0 spiro atoms. The van der Waals surface area contributed by atoms with Crippen LogP contribution in [-0.2, 0) is 7.05 Å². The number of aryl methyl sites for hydroxylation is 1. The molecule has 0 bridgehead atoms. The summed E-state index contributed by atoms with van der Waals surface area (Å²) in [5.74, 6) is 1.40. The maximum absolute atomic E-state index is 12.7. The molecule has 1 aromatic carbocycles. The molecule has 1 saturated carbocycles. The maximum Gasteiger partial charge on any atom is 0.262 e. The van der Waals surface area contributed by atoms with Gasteiger partial charge in [0.15, 0.2) is 11.3 Å². The van der Waals surface area contributed by atoms with E-state index in [1.165, 1.54) is 4.57 Å². The highest BCUT2D eigenvalue weighted by Gasteiger charge is 2.30. The van der Waals surface area contributed by atoms with Gasteiger partial charge in [0.2, 0.25) is 11.7 Å². The molecule has 5 rings (SSSR count). The van der Waals surface area contributed by atoms with Gasteiger partial charge in [0.25, 0.3) is 5.56 Å². The molecule has 0 amide bonds. The molecule has 8 heteroatoms.